The minimum atomic E-state index is -0.502. The standard InChI is InChI=1S/C20H17Cl2FN6O/c21-6-1-7-28-11-26-19(12-2-3-15(23)14(22)8-12)20(28)16-4-5-18-25-10-13(9-17(24)30)29(18)27-16/h2-5,8,10-11H,1,6-7,9H2,(H2,24,30). The highest BCUT2D eigenvalue weighted by Crippen LogP contribution is 2.32. The number of hydrogen-bond acceptors (Lipinski definition) is 4. The van der Waals surface area contributed by atoms with Crippen LogP contribution in [0.1, 0.15) is 12.1 Å². The summed E-state index contributed by atoms with van der Waals surface area (Å²) < 4.78 is 17.2. The molecule has 0 aliphatic carbocycles. The third-order valence-corrected chi connectivity index (χ3v) is 5.15. The smallest absolute Gasteiger partial charge is 0.223 e. The van der Waals surface area contributed by atoms with Gasteiger partial charge in [0.25, 0.3) is 0 Å². The van der Waals surface area contributed by atoms with Crippen LogP contribution in [-0.2, 0) is 17.8 Å². The van der Waals surface area contributed by atoms with Crippen molar-refractivity contribution >= 4 is 34.8 Å². The van der Waals surface area contributed by atoms with Gasteiger partial charge in [-0.3, -0.25) is 4.79 Å². The molecule has 10 heteroatoms. The van der Waals surface area contributed by atoms with E-state index in [9.17, 15) is 9.18 Å². The Balaban J connectivity index is 1.88. The predicted molar refractivity (Wildman–Crippen MR) is 113 cm³/mol. The predicted octanol–water partition coefficient (Wildman–Crippen LogP) is 3.71. The third kappa shape index (κ3) is 3.88. The molecular weight excluding hydrogens is 430 g/mol. The first-order chi connectivity index (χ1) is 14.5. The Labute approximate surface area is 181 Å². The van der Waals surface area contributed by atoms with E-state index in [1.165, 1.54) is 12.1 Å². The lowest BCUT2D eigenvalue weighted by atomic mass is 10.1. The highest BCUT2D eigenvalue weighted by Gasteiger charge is 2.19. The number of alkyl halides is 1. The molecule has 154 valence electrons. The fourth-order valence-corrected chi connectivity index (χ4v) is 3.55. The molecule has 0 aliphatic heterocycles. The monoisotopic (exact) mass is 446 g/mol. The number of halogens is 3. The summed E-state index contributed by atoms with van der Waals surface area (Å²) in [5.74, 6) is -0.484. The number of aromatic nitrogens is 5. The molecule has 0 saturated heterocycles. The fourth-order valence-electron chi connectivity index (χ4n) is 3.25. The van der Waals surface area contributed by atoms with Gasteiger partial charge in [-0.05, 0) is 36.8 Å². The number of primary amides is 1. The van der Waals surface area contributed by atoms with E-state index in [0.29, 0.717) is 40.7 Å². The normalized spacial score (nSPS) is 11.3. The molecule has 0 aliphatic rings. The quantitative estimate of drug-likeness (QED) is 0.438. The summed E-state index contributed by atoms with van der Waals surface area (Å²) in [6.45, 7) is 0.624. The van der Waals surface area contributed by atoms with Gasteiger partial charge in [0.2, 0.25) is 5.91 Å². The van der Waals surface area contributed by atoms with Crippen LogP contribution in [0.5, 0.6) is 0 Å². The highest BCUT2D eigenvalue weighted by atomic mass is 35.5. The van der Waals surface area contributed by atoms with E-state index in [4.69, 9.17) is 28.9 Å². The summed E-state index contributed by atoms with van der Waals surface area (Å²) in [5, 5.41) is 4.68. The number of benzene rings is 1. The van der Waals surface area contributed by atoms with Crippen LogP contribution in [0.15, 0.2) is 42.9 Å². The summed E-state index contributed by atoms with van der Waals surface area (Å²) in [6, 6.07) is 8.07. The maximum Gasteiger partial charge on any atom is 0.223 e. The molecule has 30 heavy (non-hydrogen) atoms. The van der Waals surface area contributed by atoms with Gasteiger partial charge in [-0.1, -0.05) is 11.6 Å². The van der Waals surface area contributed by atoms with Crippen LogP contribution in [0, 0.1) is 5.82 Å². The van der Waals surface area contributed by atoms with Crippen molar-refractivity contribution in [2.75, 3.05) is 5.88 Å². The van der Waals surface area contributed by atoms with Gasteiger partial charge in [0.05, 0.1) is 41.0 Å². The molecule has 0 atom stereocenters. The topological polar surface area (TPSA) is 91.1 Å². The minimum absolute atomic E-state index is 0.00974. The molecule has 0 radical (unpaired) electrons. The van der Waals surface area contributed by atoms with Crippen molar-refractivity contribution in [2.24, 2.45) is 5.73 Å². The second kappa shape index (κ2) is 8.41. The van der Waals surface area contributed by atoms with Crippen molar-refractivity contribution in [1.82, 2.24) is 24.1 Å². The fraction of sp³-hybridized carbons (Fsp3) is 0.200. The van der Waals surface area contributed by atoms with Crippen molar-refractivity contribution < 1.29 is 9.18 Å². The number of carbonyl (C=O) groups is 1. The zero-order chi connectivity index (χ0) is 21.3. The molecular formula is C20H17Cl2FN6O. The zero-order valence-electron chi connectivity index (χ0n) is 15.7. The molecule has 2 N–H and O–H groups in total. The van der Waals surface area contributed by atoms with E-state index in [-0.39, 0.29) is 11.4 Å². The maximum atomic E-state index is 13.7. The van der Waals surface area contributed by atoms with Gasteiger partial charge < -0.3 is 10.3 Å². The van der Waals surface area contributed by atoms with Crippen LogP contribution in [0.4, 0.5) is 4.39 Å². The SMILES string of the molecule is NC(=O)Cc1cnc2ccc(-c3c(-c4ccc(F)c(Cl)c4)ncn3CCCCl)nn12. The Morgan fingerprint density at radius 1 is 1.20 bits per heavy atom. The molecule has 4 aromatic rings. The van der Waals surface area contributed by atoms with E-state index in [1.807, 2.05) is 10.6 Å². The van der Waals surface area contributed by atoms with Gasteiger partial charge in [0.15, 0.2) is 5.65 Å². The number of nitrogens with zero attached hydrogens (tertiary/aromatic N) is 5. The lowest BCUT2D eigenvalue weighted by Crippen LogP contribution is -2.15. The average molecular weight is 447 g/mol. The summed E-state index contributed by atoms with van der Waals surface area (Å²) in [4.78, 5) is 20.2. The Kier molecular flexibility index (Phi) is 5.69. The molecule has 0 fully saturated rings. The molecule has 3 heterocycles. The molecule has 7 nitrogen and oxygen atoms in total. The molecule has 4 rings (SSSR count). The van der Waals surface area contributed by atoms with Crippen LogP contribution in [0.3, 0.4) is 0 Å². The van der Waals surface area contributed by atoms with E-state index < -0.39 is 11.7 Å². The van der Waals surface area contributed by atoms with Crippen LogP contribution >= 0.6 is 23.2 Å². The van der Waals surface area contributed by atoms with Crippen molar-refractivity contribution in [3.05, 3.63) is 59.4 Å². The third-order valence-electron chi connectivity index (χ3n) is 4.59. The van der Waals surface area contributed by atoms with Crippen LogP contribution in [0.2, 0.25) is 5.02 Å². The largest absolute Gasteiger partial charge is 0.369 e. The van der Waals surface area contributed by atoms with Gasteiger partial charge in [-0.25, -0.2) is 18.9 Å². The first-order valence-electron chi connectivity index (χ1n) is 9.16. The summed E-state index contributed by atoms with van der Waals surface area (Å²) in [7, 11) is 0. The number of amides is 1. The highest BCUT2D eigenvalue weighted by molar-refractivity contribution is 6.31. The minimum Gasteiger partial charge on any atom is -0.369 e. The van der Waals surface area contributed by atoms with Crippen molar-refractivity contribution in [3.63, 3.8) is 0 Å². The second-order valence-corrected chi connectivity index (χ2v) is 7.47. The van der Waals surface area contributed by atoms with E-state index in [2.05, 4.69) is 15.1 Å². The average Bonchev–Trinajstić information content (AvgIpc) is 3.32. The maximum absolute atomic E-state index is 13.7. The van der Waals surface area contributed by atoms with Gasteiger partial charge in [0.1, 0.15) is 11.5 Å². The molecule has 1 amide bonds. The number of hydrogen-bond donors (Lipinski definition) is 1. The van der Waals surface area contributed by atoms with E-state index in [0.717, 1.165) is 12.1 Å². The molecule has 0 saturated carbocycles. The van der Waals surface area contributed by atoms with Crippen molar-refractivity contribution in [2.45, 2.75) is 19.4 Å². The van der Waals surface area contributed by atoms with Crippen molar-refractivity contribution in [1.29, 1.82) is 0 Å². The number of imidazole rings is 2. The Morgan fingerprint density at radius 3 is 2.77 bits per heavy atom. The number of rotatable bonds is 7. The first kappa shape index (κ1) is 20.3. The van der Waals surface area contributed by atoms with Gasteiger partial charge in [-0.15, -0.1) is 11.6 Å². The van der Waals surface area contributed by atoms with E-state index in [1.54, 1.807) is 29.2 Å². The summed E-state index contributed by atoms with van der Waals surface area (Å²) in [6.07, 6.45) is 4.01. The van der Waals surface area contributed by atoms with Crippen LogP contribution in [-0.4, -0.2) is 35.9 Å². The van der Waals surface area contributed by atoms with Gasteiger partial charge in [-0.2, -0.15) is 5.10 Å². The van der Waals surface area contributed by atoms with Crippen molar-refractivity contribution in [3.8, 4) is 22.6 Å². The molecule has 0 unspecified atom stereocenters. The number of nitrogens with two attached hydrogens (primary N) is 1. The second-order valence-electron chi connectivity index (χ2n) is 6.69. The van der Waals surface area contributed by atoms with Gasteiger partial charge in [0, 0.05) is 18.0 Å². The summed E-state index contributed by atoms with van der Waals surface area (Å²) >= 11 is 11.9. The Morgan fingerprint density at radius 2 is 2.03 bits per heavy atom. The molecule has 3 aromatic heterocycles. The molecule has 0 spiro atoms. The van der Waals surface area contributed by atoms with Crippen LogP contribution < -0.4 is 5.73 Å². The van der Waals surface area contributed by atoms with E-state index >= 15 is 0 Å². The van der Waals surface area contributed by atoms with Gasteiger partial charge >= 0.3 is 0 Å². The number of aryl methyl sites for hydroxylation is 1. The lowest BCUT2D eigenvalue weighted by molar-refractivity contribution is -0.117. The Hall–Kier alpha value is -2.97. The van der Waals surface area contributed by atoms with Crippen LogP contribution in [0.25, 0.3) is 28.3 Å². The lowest BCUT2D eigenvalue weighted by Gasteiger charge is -2.10. The first-order valence-corrected chi connectivity index (χ1v) is 10.1. The zero-order valence-corrected chi connectivity index (χ0v) is 17.2. The number of fused-ring (bicyclic) bond motifs is 1. The summed E-state index contributed by atoms with van der Waals surface area (Å²) in [5.41, 5.74) is 9.10. The molecule has 0 bridgehead atoms. The number of carbonyl (C=O) groups excluding carboxylic acids is 1. The molecule has 1 aromatic carbocycles. The Bertz CT molecular complexity index is 1240.